The molecule has 0 unspecified atom stereocenters. The van der Waals surface area contributed by atoms with Crippen molar-refractivity contribution in [1.29, 1.82) is 0 Å². The van der Waals surface area contributed by atoms with E-state index in [2.05, 4.69) is 4.84 Å². The van der Waals surface area contributed by atoms with Crippen LogP contribution in [0.2, 0.25) is 0 Å². The van der Waals surface area contributed by atoms with E-state index in [-0.39, 0.29) is 0 Å². The predicted molar refractivity (Wildman–Crippen MR) is 76.1 cm³/mol. The first-order valence-corrected chi connectivity index (χ1v) is 7.11. The molecule has 0 aliphatic carbocycles. The van der Waals surface area contributed by atoms with Crippen LogP contribution in [0.25, 0.3) is 0 Å². The van der Waals surface area contributed by atoms with Gasteiger partial charge < -0.3 is 33.3 Å². The number of nitrogens with two attached hydrogens (primary N) is 1. The van der Waals surface area contributed by atoms with Crippen molar-refractivity contribution < 1.29 is 33.3 Å². The summed E-state index contributed by atoms with van der Waals surface area (Å²) in [5.41, 5.74) is 0. The molecule has 0 saturated carbocycles. The SMILES string of the molecule is COCCOCCOCCOCCOCCOCCON. The van der Waals surface area contributed by atoms with Crippen molar-refractivity contribution in [2.45, 2.75) is 0 Å². The van der Waals surface area contributed by atoms with E-state index < -0.39 is 0 Å². The summed E-state index contributed by atoms with van der Waals surface area (Å²) in [6.07, 6.45) is 0. The van der Waals surface area contributed by atoms with Crippen molar-refractivity contribution in [3.05, 3.63) is 0 Å². The molecule has 8 heteroatoms. The molecular weight excluding hydrogens is 282 g/mol. The molecule has 0 aromatic rings. The highest BCUT2D eigenvalue weighted by atomic mass is 16.6. The van der Waals surface area contributed by atoms with Gasteiger partial charge in [0, 0.05) is 7.11 Å². The van der Waals surface area contributed by atoms with Crippen LogP contribution in [0, 0.1) is 0 Å². The van der Waals surface area contributed by atoms with Crippen molar-refractivity contribution in [1.82, 2.24) is 0 Å². The fourth-order valence-corrected chi connectivity index (χ4v) is 1.23. The predicted octanol–water partition coefficient (Wildman–Crippen LogP) is -0.394. The molecule has 2 N–H and O–H groups in total. The van der Waals surface area contributed by atoms with Gasteiger partial charge in [0.1, 0.15) is 0 Å². The molecule has 0 fully saturated rings. The molecule has 0 saturated heterocycles. The second kappa shape index (κ2) is 19.7. The molecule has 0 radical (unpaired) electrons. The van der Waals surface area contributed by atoms with Crippen LogP contribution in [0.5, 0.6) is 0 Å². The van der Waals surface area contributed by atoms with Crippen LogP contribution in [-0.2, 0) is 33.3 Å². The van der Waals surface area contributed by atoms with E-state index in [4.69, 9.17) is 34.3 Å². The Kier molecular flexibility index (Phi) is 19.4. The minimum atomic E-state index is 0.389. The third-order valence-electron chi connectivity index (χ3n) is 2.27. The zero-order chi connectivity index (χ0) is 15.4. The third kappa shape index (κ3) is 19.7. The van der Waals surface area contributed by atoms with E-state index in [9.17, 15) is 0 Å². The first-order valence-electron chi connectivity index (χ1n) is 7.11. The van der Waals surface area contributed by atoms with Crippen molar-refractivity contribution in [3.8, 4) is 0 Å². The normalized spacial score (nSPS) is 11.1. The van der Waals surface area contributed by atoms with Crippen LogP contribution in [0.15, 0.2) is 0 Å². The molecule has 0 aromatic carbocycles. The van der Waals surface area contributed by atoms with Gasteiger partial charge in [-0.25, -0.2) is 5.90 Å². The number of hydrogen-bond acceptors (Lipinski definition) is 8. The van der Waals surface area contributed by atoms with E-state index in [0.717, 1.165) is 0 Å². The monoisotopic (exact) mass is 311 g/mol. The van der Waals surface area contributed by atoms with Gasteiger partial charge >= 0.3 is 0 Å². The van der Waals surface area contributed by atoms with Gasteiger partial charge in [0.15, 0.2) is 0 Å². The lowest BCUT2D eigenvalue weighted by molar-refractivity contribution is -0.0191. The van der Waals surface area contributed by atoms with Crippen LogP contribution >= 0.6 is 0 Å². The summed E-state index contributed by atoms with van der Waals surface area (Å²) in [5, 5.41) is 0. The summed E-state index contributed by atoms with van der Waals surface area (Å²) < 4.78 is 31.2. The second-order valence-corrected chi connectivity index (χ2v) is 3.93. The maximum absolute atomic E-state index is 5.34. The van der Waals surface area contributed by atoms with E-state index in [1.165, 1.54) is 0 Å². The maximum Gasteiger partial charge on any atom is 0.0913 e. The first-order chi connectivity index (χ1) is 10.4. The highest BCUT2D eigenvalue weighted by Gasteiger charge is 1.93. The Bertz CT molecular complexity index is 168. The number of rotatable bonds is 18. The highest BCUT2D eigenvalue weighted by molar-refractivity contribution is 4.36. The molecule has 0 atom stereocenters. The number of ether oxygens (including phenoxy) is 6. The lowest BCUT2D eigenvalue weighted by Crippen LogP contribution is -2.14. The standard InChI is InChI=1S/C13H29NO7/c1-15-2-3-16-4-5-17-6-7-18-8-9-19-10-11-20-12-13-21-14/h2-14H2,1H3. The van der Waals surface area contributed by atoms with Gasteiger partial charge in [0.05, 0.1) is 79.3 Å². The molecule has 8 nitrogen and oxygen atoms in total. The van der Waals surface area contributed by atoms with E-state index >= 15 is 0 Å². The average molecular weight is 311 g/mol. The highest BCUT2D eigenvalue weighted by Crippen LogP contribution is 1.84. The first kappa shape index (κ1) is 20.7. The molecule has 21 heavy (non-hydrogen) atoms. The summed E-state index contributed by atoms with van der Waals surface area (Å²) in [4.78, 5) is 4.36. The minimum Gasteiger partial charge on any atom is -0.382 e. The fourth-order valence-electron chi connectivity index (χ4n) is 1.23. The molecule has 0 aromatic heterocycles. The lowest BCUT2D eigenvalue weighted by atomic mass is 10.7. The Morgan fingerprint density at radius 2 is 0.762 bits per heavy atom. The van der Waals surface area contributed by atoms with Crippen molar-refractivity contribution in [2.24, 2.45) is 5.90 Å². The summed E-state index contributed by atoms with van der Waals surface area (Å²) >= 11 is 0. The van der Waals surface area contributed by atoms with Gasteiger partial charge in [-0.1, -0.05) is 0 Å². The Morgan fingerprint density at radius 1 is 0.476 bits per heavy atom. The maximum atomic E-state index is 5.34. The number of hydrogen-bond donors (Lipinski definition) is 1. The van der Waals surface area contributed by atoms with Crippen LogP contribution in [0.1, 0.15) is 0 Å². The van der Waals surface area contributed by atoms with Gasteiger partial charge in [0.25, 0.3) is 0 Å². The molecule has 0 amide bonds. The summed E-state index contributed by atoms with van der Waals surface area (Å²) in [5.74, 6) is 4.85. The lowest BCUT2D eigenvalue weighted by Gasteiger charge is -2.07. The fraction of sp³-hybridized carbons (Fsp3) is 1.00. The molecular formula is C13H29NO7. The van der Waals surface area contributed by atoms with Gasteiger partial charge in [-0.2, -0.15) is 0 Å². The summed E-state index contributed by atoms with van der Waals surface area (Å²) in [6, 6.07) is 0. The van der Waals surface area contributed by atoms with Crippen molar-refractivity contribution in [2.75, 3.05) is 86.4 Å². The smallest absolute Gasteiger partial charge is 0.0913 e. The summed E-state index contributed by atoms with van der Waals surface area (Å²) in [7, 11) is 1.64. The zero-order valence-corrected chi connectivity index (χ0v) is 12.9. The largest absolute Gasteiger partial charge is 0.382 e. The van der Waals surface area contributed by atoms with E-state index in [1.807, 2.05) is 0 Å². The second-order valence-electron chi connectivity index (χ2n) is 3.93. The van der Waals surface area contributed by atoms with Gasteiger partial charge in [0.2, 0.25) is 0 Å². The van der Waals surface area contributed by atoms with Gasteiger partial charge in [-0.3, -0.25) is 0 Å². The van der Waals surface area contributed by atoms with Crippen LogP contribution in [-0.4, -0.2) is 86.4 Å². The van der Waals surface area contributed by atoms with Gasteiger partial charge in [-0.15, -0.1) is 0 Å². The Balaban J connectivity index is 2.90. The average Bonchev–Trinajstić information content (AvgIpc) is 2.50. The Morgan fingerprint density at radius 3 is 1.05 bits per heavy atom. The van der Waals surface area contributed by atoms with Crippen molar-refractivity contribution >= 4 is 0 Å². The zero-order valence-electron chi connectivity index (χ0n) is 12.9. The molecule has 0 heterocycles. The topological polar surface area (TPSA) is 90.6 Å². The van der Waals surface area contributed by atoms with Crippen LogP contribution in [0.3, 0.4) is 0 Å². The molecule has 0 aliphatic heterocycles. The minimum absolute atomic E-state index is 0.389. The molecule has 0 bridgehead atoms. The van der Waals surface area contributed by atoms with Crippen LogP contribution in [0.4, 0.5) is 0 Å². The Hall–Kier alpha value is -0.320. The summed E-state index contributed by atoms with van der Waals surface area (Å²) in [6.45, 7) is 6.43. The molecule has 0 spiro atoms. The van der Waals surface area contributed by atoms with Crippen molar-refractivity contribution in [3.63, 3.8) is 0 Å². The van der Waals surface area contributed by atoms with Gasteiger partial charge in [-0.05, 0) is 0 Å². The Labute approximate surface area is 126 Å². The van der Waals surface area contributed by atoms with E-state index in [1.54, 1.807) is 7.11 Å². The van der Waals surface area contributed by atoms with Crippen LogP contribution < -0.4 is 5.90 Å². The third-order valence-corrected chi connectivity index (χ3v) is 2.27. The number of methoxy groups -OCH3 is 1. The molecule has 128 valence electrons. The molecule has 0 aliphatic rings. The molecule has 0 rings (SSSR count). The quantitative estimate of drug-likeness (QED) is 0.270. The van der Waals surface area contributed by atoms with E-state index in [0.29, 0.717) is 79.3 Å².